The van der Waals surface area contributed by atoms with Crippen LogP contribution in [0.5, 0.6) is 0 Å². The summed E-state index contributed by atoms with van der Waals surface area (Å²) < 4.78 is 30.1. The van der Waals surface area contributed by atoms with Crippen LogP contribution in [-0.2, 0) is 26.9 Å². The van der Waals surface area contributed by atoms with Crippen molar-refractivity contribution in [3.8, 4) is 0 Å². The van der Waals surface area contributed by atoms with Crippen LogP contribution in [0.1, 0.15) is 33.0 Å². The molecule has 4 amide bonds. The summed E-state index contributed by atoms with van der Waals surface area (Å²) in [5, 5.41) is 0.835. The van der Waals surface area contributed by atoms with E-state index in [9.17, 15) is 19.2 Å². The topological polar surface area (TPSA) is 86.8 Å². The van der Waals surface area contributed by atoms with Gasteiger partial charge in [0.25, 0.3) is 11.8 Å². The van der Waals surface area contributed by atoms with Gasteiger partial charge in [-0.1, -0.05) is 41.1 Å². The number of piperidine rings is 1. The fraction of sp³-hybridized carbons (Fsp3) is 0.273. The van der Waals surface area contributed by atoms with E-state index in [4.69, 9.17) is 11.6 Å². The van der Waals surface area contributed by atoms with Crippen LogP contribution in [-0.4, -0.2) is 93.8 Å². The van der Waals surface area contributed by atoms with Crippen molar-refractivity contribution >= 4 is 90.3 Å². The van der Waals surface area contributed by atoms with E-state index in [0.717, 1.165) is 16.9 Å². The van der Waals surface area contributed by atoms with Crippen LogP contribution >= 0.6 is 11.6 Å². The smallest absolute Gasteiger partial charge is 0.348 e. The summed E-state index contributed by atoms with van der Waals surface area (Å²) in [6.45, 7) is 0.0882. The fourth-order valence-electron chi connectivity index (χ4n) is 5.38. The lowest BCUT2D eigenvalue weighted by atomic mass is 9.21. The molecule has 7 nitrogen and oxygen atoms in total. The Bertz CT molecular complexity index is 1410. The summed E-state index contributed by atoms with van der Waals surface area (Å²) in [6, 6.07) is 9.75. The van der Waals surface area contributed by atoms with Gasteiger partial charge in [0, 0.05) is 28.6 Å². The number of hydrogen-bond acceptors (Lipinski definition) is 4. The maximum absolute atomic E-state index is 15.0. The predicted molar refractivity (Wildman–Crippen MR) is 162 cm³/mol. The number of alkyl halides is 2. The second-order valence-corrected chi connectivity index (χ2v) is 12.0. The summed E-state index contributed by atoms with van der Waals surface area (Å²) >= 11 is 5.80. The standard InChI is InChI=1S/C22H25B7ClF2N3O4/c23-14(35(29)18(39)19(31,32)11-2-4-12(30)5-3-11)9-1-6-13-10(7-9)8-34(15(13)36)21(26)17(38)33-16(37)20(24,25)22(21,27)28/h1-7,14H,8,23-29H2,(H,33,37,38)/t14?,21-/m1/s1. The van der Waals surface area contributed by atoms with Crippen molar-refractivity contribution in [2.24, 2.45) is 0 Å². The molecule has 0 saturated carbocycles. The Hall–Kier alpha value is -2.88. The van der Waals surface area contributed by atoms with Crippen LogP contribution in [0.4, 0.5) is 8.78 Å². The molecule has 0 aliphatic carbocycles. The molecule has 2 aliphatic rings. The molecule has 0 spiro atoms. The first-order valence-electron chi connectivity index (χ1n) is 12.6. The highest BCUT2D eigenvalue weighted by Gasteiger charge is 2.64. The van der Waals surface area contributed by atoms with Crippen molar-refractivity contribution < 1.29 is 28.0 Å². The SMILES string of the molecule is BC(c1ccc2c(c1)CN([C@]1(B)C(=O)NC(=O)C(B)(B)C1(B)B)C2=O)N(B)C(=O)C(F)(F)c1ccc(Cl)cc1. The van der Waals surface area contributed by atoms with Gasteiger partial charge >= 0.3 is 5.92 Å². The number of benzene rings is 2. The van der Waals surface area contributed by atoms with Crippen LogP contribution in [0.15, 0.2) is 42.5 Å². The van der Waals surface area contributed by atoms with Crippen molar-refractivity contribution in [1.29, 1.82) is 0 Å². The minimum absolute atomic E-state index is 0.0882. The third-order valence-electron chi connectivity index (χ3n) is 9.35. The molecule has 2 heterocycles. The van der Waals surface area contributed by atoms with Crippen LogP contribution < -0.4 is 5.32 Å². The summed E-state index contributed by atoms with van der Waals surface area (Å²) in [5.41, 5.74) is -0.270. The third kappa shape index (κ3) is 4.17. The van der Waals surface area contributed by atoms with Gasteiger partial charge < -0.3 is 9.71 Å². The molecule has 0 bridgehead atoms. The van der Waals surface area contributed by atoms with E-state index >= 15 is 8.78 Å². The highest BCUT2D eigenvalue weighted by molar-refractivity contribution is 6.66. The highest BCUT2D eigenvalue weighted by Crippen LogP contribution is 2.55. The molecular weight excluding hydrogens is 519 g/mol. The molecule has 1 saturated heterocycles. The number of nitrogens with one attached hydrogen (secondary N) is 1. The molecule has 1 unspecified atom stereocenters. The first-order chi connectivity index (χ1) is 17.9. The minimum Gasteiger partial charge on any atom is -0.389 e. The summed E-state index contributed by atoms with van der Waals surface area (Å²) in [7, 11) is 11.7. The van der Waals surface area contributed by atoms with E-state index in [1.807, 2.05) is 0 Å². The number of carbonyl (C=O) groups is 4. The molecule has 2 aromatic carbocycles. The molecule has 0 radical (unpaired) electrons. The Morgan fingerprint density at radius 2 is 1.62 bits per heavy atom. The number of nitrogens with zero attached hydrogens (tertiary/aromatic N) is 2. The van der Waals surface area contributed by atoms with Crippen molar-refractivity contribution in [2.75, 3.05) is 0 Å². The average molecular weight is 545 g/mol. The Morgan fingerprint density at radius 3 is 2.21 bits per heavy atom. The van der Waals surface area contributed by atoms with Crippen LogP contribution in [0, 0.1) is 0 Å². The second-order valence-electron chi connectivity index (χ2n) is 11.6. The Kier molecular flexibility index (Phi) is 6.98. The molecule has 4 rings (SSSR count). The molecule has 0 aromatic heterocycles. The van der Waals surface area contributed by atoms with Crippen molar-refractivity contribution in [2.45, 2.75) is 34.3 Å². The van der Waals surface area contributed by atoms with E-state index in [-0.39, 0.29) is 17.5 Å². The number of hydrogen-bond donors (Lipinski definition) is 1. The molecular formula is C22H25B7ClF2N3O4. The normalized spacial score (nSPS) is 22.6. The summed E-state index contributed by atoms with van der Waals surface area (Å²) in [4.78, 5) is 54.7. The van der Waals surface area contributed by atoms with Gasteiger partial charge in [-0.2, -0.15) is 8.78 Å². The van der Waals surface area contributed by atoms with Gasteiger partial charge in [-0.05, 0) is 34.5 Å². The van der Waals surface area contributed by atoms with Crippen molar-refractivity contribution in [1.82, 2.24) is 15.0 Å². The zero-order valence-electron chi connectivity index (χ0n) is 23.0. The first kappa shape index (κ1) is 29.1. The zero-order chi connectivity index (χ0) is 29.3. The molecule has 1 fully saturated rings. The van der Waals surface area contributed by atoms with Gasteiger partial charge in [0.05, 0.1) is 5.44 Å². The molecule has 194 valence electrons. The highest BCUT2D eigenvalue weighted by atomic mass is 35.5. The van der Waals surface area contributed by atoms with Crippen molar-refractivity contribution in [3.63, 3.8) is 0 Å². The van der Waals surface area contributed by atoms with Gasteiger partial charge in [0.2, 0.25) is 19.8 Å². The van der Waals surface area contributed by atoms with E-state index < -0.39 is 51.0 Å². The van der Waals surface area contributed by atoms with E-state index in [2.05, 4.69) is 5.32 Å². The minimum atomic E-state index is -3.77. The fourth-order valence-corrected chi connectivity index (χ4v) is 5.51. The quantitative estimate of drug-likeness (QED) is 0.306. The Morgan fingerprint density at radius 1 is 1.03 bits per heavy atom. The van der Waals surface area contributed by atoms with Crippen LogP contribution in [0.2, 0.25) is 15.5 Å². The molecule has 2 aromatic rings. The van der Waals surface area contributed by atoms with Crippen LogP contribution in [0.3, 0.4) is 0 Å². The molecule has 17 heteroatoms. The van der Waals surface area contributed by atoms with E-state index in [0.29, 0.717) is 16.7 Å². The average Bonchev–Trinajstić information content (AvgIpc) is 3.21. The lowest BCUT2D eigenvalue weighted by Crippen LogP contribution is -2.75. The lowest BCUT2D eigenvalue weighted by molar-refractivity contribution is -0.154. The third-order valence-corrected chi connectivity index (χ3v) is 9.60. The molecule has 2 aliphatic heterocycles. The predicted octanol–water partition coefficient (Wildman–Crippen LogP) is -4.15. The van der Waals surface area contributed by atoms with E-state index in [1.165, 1.54) is 25.0 Å². The monoisotopic (exact) mass is 545 g/mol. The number of carbonyl (C=O) groups excluding carboxylic acids is 4. The molecule has 39 heavy (non-hydrogen) atoms. The van der Waals surface area contributed by atoms with Crippen molar-refractivity contribution in [3.05, 3.63) is 69.7 Å². The largest absolute Gasteiger partial charge is 0.389 e. The van der Waals surface area contributed by atoms with Gasteiger partial charge in [0.1, 0.15) is 47.1 Å². The molecule has 1 N–H and O–H groups in total. The number of halogens is 3. The molecule has 2 atom stereocenters. The maximum Gasteiger partial charge on any atom is 0.348 e. The van der Waals surface area contributed by atoms with Gasteiger partial charge in [0.15, 0.2) is 0 Å². The second kappa shape index (κ2) is 9.35. The van der Waals surface area contributed by atoms with E-state index in [1.54, 1.807) is 65.3 Å². The Labute approximate surface area is 237 Å². The number of imide groups is 1. The number of fused-ring (bicyclic) bond motifs is 1. The number of rotatable bonds is 5. The van der Waals surface area contributed by atoms with Gasteiger partial charge in [-0.15, -0.1) is 0 Å². The summed E-state index contributed by atoms with van der Waals surface area (Å²) in [5.74, 6) is -7.21. The first-order valence-corrected chi connectivity index (χ1v) is 13.0. The Balaban J connectivity index is 1.62. The maximum atomic E-state index is 15.0. The lowest BCUT2D eigenvalue weighted by Gasteiger charge is -2.59. The summed E-state index contributed by atoms with van der Waals surface area (Å²) in [6.07, 6.45) is 0. The van der Waals surface area contributed by atoms with Crippen LogP contribution in [0.25, 0.3) is 0 Å². The van der Waals surface area contributed by atoms with Gasteiger partial charge in [-0.3, -0.25) is 24.5 Å². The zero-order valence-corrected chi connectivity index (χ0v) is 23.7. The number of amides is 4. The van der Waals surface area contributed by atoms with Gasteiger partial charge in [-0.25, -0.2) is 0 Å².